The fourth-order valence-electron chi connectivity index (χ4n) is 3.28. The van der Waals surface area contributed by atoms with Crippen molar-refractivity contribution < 1.29 is 4.39 Å². The zero-order chi connectivity index (χ0) is 14.8. The maximum atomic E-state index is 14.0. The molecular weight excluding hydrogens is 265 g/mol. The minimum absolute atomic E-state index is 0.0683. The lowest BCUT2D eigenvalue weighted by Gasteiger charge is -2.32. The summed E-state index contributed by atoms with van der Waals surface area (Å²) in [4.78, 5) is 4.40. The third kappa shape index (κ3) is 2.72. The number of fused-ring (bicyclic) bond motifs is 1. The SMILES string of the molecule is CCn1ccnc1CN[C@@H]1c2cccc(F)c2CC[C@@H]1C. The average molecular weight is 287 g/mol. The summed E-state index contributed by atoms with van der Waals surface area (Å²) < 4.78 is 16.1. The Hall–Kier alpha value is -1.68. The lowest BCUT2D eigenvalue weighted by molar-refractivity contribution is 0.334. The molecule has 1 N–H and O–H groups in total. The molecule has 2 atom stereocenters. The molecule has 4 heteroatoms. The second-order valence-corrected chi connectivity index (χ2v) is 5.81. The van der Waals surface area contributed by atoms with Gasteiger partial charge in [0.05, 0.1) is 6.54 Å². The first kappa shape index (κ1) is 14.3. The predicted octanol–water partition coefficient (Wildman–Crippen LogP) is 3.46. The number of halogens is 1. The number of nitrogens with zero attached hydrogens (tertiary/aromatic N) is 2. The van der Waals surface area contributed by atoms with Gasteiger partial charge >= 0.3 is 0 Å². The molecule has 1 aliphatic carbocycles. The molecule has 1 aromatic carbocycles. The van der Waals surface area contributed by atoms with Crippen molar-refractivity contribution in [3.8, 4) is 0 Å². The van der Waals surface area contributed by atoms with Gasteiger partial charge in [0.15, 0.2) is 0 Å². The number of rotatable bonds is 4. The van der Waals surface area contributed by atoms with E-state index in [1.165, 1.54) is 0 Å². The van der Waals surface area contributed by atoms with Crippen LogP contribution in [0.3, 0.4) is 0 Å². The van der Waals surface area contributed by atoms with Crippen LogP contribution in [0.15, 0.2) is 30.6 Å². The molecule has 112 valence electrons. The van der Waals surface area contributed by atoms with Crippen molar-refractivity contribution in [3.05, 3.63) is 53.4 Å². The zero-order valence-corrected chi connectivity index (χ0v) is 12.6. The highest BCUT2D eigenvalue weighted by atomic mass is 19.1. The molecule has 0 saturated heterocycles. The van der Waals surface area contributed by atoms with Gasteiger partial charge in [-0.2, -0.15) is 0 Å². The molecule has 0 radical (unpaired) electrons. The normalized spacial score (nSPS) is 21.3. The van der Waals surface area contributed by atoms with Crippen LogP contribution in [-0.4, -0.2) is 9.55 Å². The molecule has 0 amide bonds. The van der Waals surface area contributed by atoms with Gasteiger partial charge in [-0.25, -0.2) is 9.37 Å². The summed E-state index contributed by atoms with van der Waals surface area (Å²) in [7, 11) is 0. The number of aryl methyl sites for hydroxylation is 1. The van der Waals surface area contributed by atoms with E-state index in [-0.39, 0.29) is 11.9 Å². The van der Waals surface area contributed by atoms with Crippen molar-refractivity contribution in [1.29, 1.82) is 0 Å². The van der Waals surface area contributed by atoms with Crippen LogP contribution in [0, 0.1) is 11.7 Å². The second kappa shape index (κ2) is 5.98. The Morgan fingerprint density at radius 3 is 3.10 bits per heavy atom. The van der Waals surface area contributed by atoms with E-state index in [9.17, 15) is 4.39 Å². The van der Waals surface area contributed by atoms with Gasteiger partial charge in [-0.3, -0.25) is 0 Å². The highest BCUT2D eigenvalue weighted by molar-refractivity contribution is 5.34. The van der Waals surface area contributed by atoms with E-state index in [4.69, 9.17) is 0 Å². The summed E-state index contributed by atoms with van der Waals surface area (Å²) in [6, 6.07) is 5.63. The Balaban J connectivity index is 1.81. The van der Waals surface area contributed by atoms with E-state index < -0.39 is 0 Å². The maximum Gasteiger partial charge on any atom is 0.126 e. The van der Waals surface area contributed by atoms with E-state index in [0.29, 0.717) is 12.5 Å². The highest BCUT2D eigenvalue weighted by Gasteiger charge is 2.28. The molecule has 1 aromatic heterocycles. The number of imidazole rings is 1. The van der Waals surface area contributed by atoms with Crippen LogP contribution in [0.1, 0.15) is 43.3 Å². The largest absolute Gasteiger partial charge is 0.334 e. The quantitative estimate of drug-likeness (QED) is 0.933. The Labute approximate surface area is 125 Å². The van der Waals surface area contributed by atoms with E-state index in [0.717, 1.165) is 36.3 Å². The number of hydrogen-bond donors (Lipinski definition) is 1. The number of aromatic nitrogens is 2. The molecular formula is C17H22FN3. The van der Waals surface area contributed by atoms with Crippen LogP contribution in [0.5, 0.6) is 0 Å². The molecule has 2 aromatic rings. The molecule has 0 fully saturated rings. The van der Waals surface area contributed by atoms with Crippen molar-refractivity contribution in [1.82, 2.24) is 14.9 Å². The van der Waals surface area contributed by atoms with E-state index in [2.05, 4.69) is 34.8 Å². The van der Waals surface area contributed by atoms with Crippen molar-refractivity contribution in [2.75, 3.05) is 0 Å². The summed E-state index contributed by atoms with van der Waals surface area (Å²) in [5.74, 6) is 1.47. The Bertz CT molecular complexity index is 620. The minimum Gasteiger partial charge on any atom is -0.334 e. The number of hydrogen-bond acceptors (Lipinski definition) is 2. The van der Waals surface area contributed by atoms with Crippen LogP contribution < -0.4 is 5.32 Å². The summed E-state index contributed by atoms with van der Waals surface area (Å²) in [6.45, 7) is 5.98. The Kier molecular flexibility index (Phi) is 4.06. The molecule has 0 bridgehead atoms. The fraction of sp³-hybridized carbons (Fsp3) is 0.471. The summed E-state index contributed by atoms with van der Waals surface area (Å²) in [6.07, 6.45) is 5.69. The van der Waals surface area contributed by atoms with Gasteiger partial charge in [0, 0.05) is 25.0 Å². The lowest BCUT2D eigenvalue weighted by atomic mass is 9.80. The third-order valence-electron chi connectivity index (χ3n) is 4.53. The molecule has 0 spiro atoms. The lowest BCUT2D eigenvalue weighted by Crippen LogP contribution is -2.32. The first-order chi connectivity index (χ1) is 10.2. The van der Waals surface area contributed by atoms with E-state index in [1.807, 2.05) is 18.5 Å². The highest BCUT2D eigenvalue weighted by Crippen LogP contribution is 2.35. The van der Waals surface area contributed by atoms with Gasteiger partial charge in [-0.1, -0.05) is 19.1 Å². The predicted molar refractivity (Wildman–Crippen MR) is 81.4 cm³/mol. The first-order valence-electron chi connectivity index (χ1n) is 7.71. The van der Waals surface area contributed by atoms with Crippen molar-refractivity contribution >= 4 is 0 Å². The Morgan fingerprint density at radius 1 is 1.43 bits per heavy atom. The van der Waals surface area contributed by atoms with Crippen LogP contribution in [0.4, 0.5) is 4.39 Å². The van der Waals surface area contributed by atoms with Gasteiger partial charge in [0.2, 0.25) is 0 Å². The number of benzene rings is 1. The smallest absolute Gasteiger partial charge is 0.126 e. The van der Waals surface area contributed by atoms with Gasteiger partial charge in [-0.15, -0.1) is 0 Å². The topological polar surface area (TPSA) is 29.9 Å². The second-order valence-electron chi connectivity index (χ2n) is 5.81. The summed E-state index contributed by atoms with van der Waals surface area (Å²) >= 11 is 0. The van der Waals surface area contributed by atoms with Crippen LogP contribution >= 0.6 is 0 Å². The summed E-state index contributed by atoms with van der Waals surface area (Å²) in [5, 5.41) is 3.58. The van der Waals surface area contributed by atoms with Crippen LogP contribution in [-0.2, 0) is 19.5 Å². The summed E-state index contributed by atoms with van der Waals surface area (Å²) in [5.41, 5.74) is 2.00. The van der Waals surface area contributed by atoms with Gasteiger partial charge in [0.1, 0.15) is 11.6 Å². The Morgan fingerprint density at radius 2 is 2.29 bits per heavy atom. The van der Waals surface area contributed by atoms with Gasteiger partial charge in [-0.05, 0) is 42.9 Å². The molecule has 21 heavy (non-hydrogen) atoms. The van der Waals surface area contributed by atoms with E-state index >= 15 is 0 Å². The zero-order valence-electron chi connectivity index (χ0n) is 12.6. The molecule has 0 saturated carbocycles. The van der Waals surface area contributed by atoms with Crippen LogP contribution in [0.2, 0.25) is 0 Å². The minimum atomic E-state index is -0.0683. The monoisotopic (exact) mass is 287 g/mol. The number of nitrogens with one attached hydrogen (secondary N) is 1. The average Bonchev–Trinajstić information content (AvgIpc) is 2.94. The molecule has 3 rings (SSSR count). The molecule has 1 heterocycles. The third-order valence-corrected chi connectivity index (χ3v) is 4.53. The first-order valence-corrected chi connectivity index (χ1v) is 7.71. The van der Waals surface area contributed by atoms with Crippen molar-refractivity contribution in [3.63, 3.8) is 0 Å². The van der Waals surface area contributed by atoms with Crippen LogP contribution in [0.25, 0.3) is 0 Å². The molecule has 3 nitrogen and oxygen atoms in total. The van der Waals surface area contributed by atoms with E-state index in [1.54, 1.807) is 6.07 Å². The fourth-order valence-corrected chi connectivity index (χ4v) is 3.28. The van der Waals surface area contributed by atoms with Crippen molar-refractivity contribution in [2.45, 2.75) is 45.8 Å². The standard InChI is InChI=1S/C17H22FN3/c1-3-21-10-9-19-16(21)11-20-17-12(2)7-8-13-14(17)5-4-6-15(13)18/h4-6,9-10,12,17,20H,3,7-8,11H2,1-2H3/t12-,17-/m0/s1. The van der Waals surface area contributed by atoms with Crippen molar-refractivity contribution in [2.24, 2.45) is 5.92 Å². The van der Waals surface area contributed by atoms with Gasteiger partial charge < -0.3 is 9.88 Å². The molecule has 1 aliphatic rings. The molecule has 0 aliphatic heterocycles. The molecule has 0 unspecified atom stereocenters. The maximum absolute atomic E-state index is 14.0. The van der Waals surface area contributed by atoms with Gasteiger partial charge in [0.25, 0.3) is 0 Å².